The van der Waals surface area contributed by atoms with E-state index in [9.17, 15) is 5.11 Å². The van der Waals surface area contributed by atoms with Gasteiger partial charge in [0.05, 0.1) is 18.8 Å². The first kappa shape index (κ1) is 14.4. The van der Waals surface area contributed by atoms with Crippen LogP contribution in [0.1, 0.15) is 38.2 Å². The number of aliphatic hydroxyl groups is 1. The largest absolute Gasteiger partial charge is 0.497 e. The summed E-state index contributed by atoms with van der Waals surface area (Å²) in [6.07, 6.45) is 4.45. The van der Waals surface area contributed by atoms with Crippen molar-refractivity contribution in [3.63, 3.8) is 0 Å². The fourth-order valence-corrected chi connectivity index (χ4v) is 2.83. The molecule has 2 unspecified atom stereocenters. The summed E-state index contributed by atoms with van der Waals surface area (Å²) in [6.45, 7) is 2.81. The van der Waals surface area contributed by atoms with E-state index < -0.39 is 5.60 Å². The highest BCUT2D eigenvalue weighted by atomic mass is 16.5. The van der Waals surface area contributed by atoms with Crippen LogP contribution in [0.4, 0.5) is 0 Å². The molecule has 1 N–H and O–H groups in total. The molecule has 0 bridgehead atoms. The van der Waals surface area contributed by atoms with Crippen LogP contribution < -0.4 is 4.74 Å². The molecule has 0 saturated carbocycles. The Bertz CT molecular complexity index is 403. The number of methoxy groups -OCH3 is 1. The monoisotopic (exact) mass is 264 g/mol. The van der Waals surface area contributed by atoms with Gasteiger partial charge in [0, 0.05) is 19.4 Å². The van der Waals surface area contributed by atoms with E-state index in [1.165, 1.54) is 0 Å². The molecule has 106 valence electrons. The van der Waals surface area contributed by atoms with E-state index in [-0.39, 0.29) is 6.10 Å². The van der Waals surface area contributed by atoms with Gasteiger partial charge >= 0.3 is 0 Å². The Hall–Kier alpha value is -1.06. The van der Waals surface area contributed by atoms with Crippen molar-refractivity contribution in [2.75, 3.05) is 13.7 Å². The van der Waals surface area contributed by atoms with Gasteiger partial charge in [0.15, 0.2) is 0 Å². The zero-order valence-corrected chi connectivity index (χ0v) is 11.9. The predicted octanol–water partition coefficient (Wildman–Crippen LogP) is 2.95. The maximum atomic E-state index is 10.8. The molecule has 2 atom stereocenters. The summed E-state index contributed by atoms with van der Waals surface area (Å²) in [4.78, 5) is 0. The number of hydrogen-bond acceptors (Lipinski definition) is 3. The van der Waals surface area contributed by atoms with Gasteiger partial charge in [-0.1, -0.05) is 25.5 Å². The van der Waals surface area contributed by atoms with Gasteiger partial charge in [0.1, 0.15) is 5.75 Å². The lowest BCUT2D eigenvalue weighted by Crippen LogP contribution is -2.42. The molecule has 0 amide bonds. The summed E-state index contributed by atoms with van der Waals surface area (Å²) in [5.41, 5.74) is 0.490. The summed E-state index contributed by atoms with van der Waals surface area (Å²) in [6, 6.07) is 7.95. The lowest BCUT2D eigenvalue weighted by molar-refractivity contribution is -0.104. The summed E-state index contributed by atoms with van der Waals surface area (Å²) in [5, 5.41) is 10.8. The molecule has 1 aromatic rings. The van der Waals surface area contributed by atoms with E-state index in [2.05, 4.69) is 6.92 Å². The zero-order chi connectivity index (χ0) is 13.7. The molecule has 1 fully saturated rings. The van der Waals surface area contributed by atoms with Crippen LogP contribution in [0.5, 0.6) is 5.75 Å². The molecule has 0 aromatic heterocycles. The van der Waals surface area contributed by atoms with Crippen molar-refractivity contribution >= 4 is 0 Å². The van der Waals surface area contributed by atoms with Gasteiger partial charge in [0.2, 0.25) is 0 Å². The summed E-state index contributed by atoms with van der Waals surface area (Å²) in [7, 11) is 1.67. The number of hydrogen-bond donors (Lipinski definition) is 1. The van der Waals surface area contributed by atoms with Crippen LogP contribution in [0.15, 0.2) is 24.3 Å². The fraction of sp³-hybridized carbons (Fsp3) is 0.625. The van der Waals surface area contributed by atoms with Crippen molar-refractivity contribution in [2.24, 2.45) is 0 Å². The molecule has 2 rings (SSSR count). The first-order valence-corrected chi connectivity index (χ1v) is 7.12. The SMILES string of the molecule is CCCC1CC(O)(Cc2cccc(OC)c2)CCO1. The molecular weight excluding hydrogens is 240 g/mol. The van der Waals surface area contributed by atoms with Crippen LogP contribution in [0.3, 0.4) is 0 Å². The van der Waals surface area contributed by atoms with E-state index in [1.54, 1.807) is 7.11 Å². The highest BCUT2D eigenvalue weighted by Crippen LogP contribution is 2.31. The third kappa shape index (κ3) is 3.95. The maximum absolute atomic E-state index is 10.8. The van der Waals surface area contributed by atoms with Crippen molar-refractivity contribution in [3.05, 3.63) is 29.8 Å². The summed E-state index contributed by atoms with van der Waals surface area (Å²) < 4.78 is 10.9. The normalized spacial score (nSPS) is 27.2. The number of benzene rings is 1. The molecular formula is C16H24O3. The second kappa shape index (κ2) is 6.40. The van der Waals surface area contributed by atoms with Gasteiger partial charge < -0.3 is 14.6 Å². The average Bonchev–Trinajstić information content (AvgIpc) is 2.39. The topological polar surface area (TPSA) is 38.7 Å². The molecule has 0 spiro atoms. The van der Waals surface area contributed by atoms with E-state index in [4.69, 9.17) is 9.47 Å². The van der Waals surface area contributed by atoms with Crippen molar-refractivity contribution < 1.29 is 14.6 Å². The summed E-state index contributed by atoms with van der Waals surface area (Å²) in [5.74, 6) is 0.846. The van der Waals surface area contributed by atoms with Gasteiger partial charge in [-0.2, -0.15) is 0 Å². The molecule has 1 aromatic carbocycles. The smallest absolute Gasteiger partial charge is 0.119 e. The second-order valence-corrected chi connectivity index (χ2v) is 5.49. The first-order valence-electron chi connectivity index (χ1n) is 7.12. The van der Waals surface area contributed by atoms with Crippen LogP contribution in [0.2, 0.25) is 0 Å². The Labute approximate surface area is 115 Å². The molecule has 1 aliphatic rings. The number of rotatable bonds is 5. The fourth-order valence-electron chi connectivity index (χ4n) is 2.83. The van der Waals surface area contributed by atoms with E-state index in [0.717, 1.165) is 30.6 Å². The molecule has 0 radical (unpaired) electrons. The van der Waals surface area contributed by atoms with Gasteiger partial charge in [0.25, 0.3) is 0 Å². The van der Waals surface area contributed by atoms with Crippen LogP contribution in [-0.2, 0) is 11.2 Å². The molecule has 19 heavy (non-hydrogen) atoms. The minimum Gasteiger partial charge on any atom is -0.497 e. The summed E-state index contributed by atoms with van der Waals surface area (Å²) >= 11 is 0. The molecule has 0 aliphatic carbocycles. The molecule has 1 heterocycles. The van der Waals surface area contributed by atoms with Crippen molar-refractivity contribution in [1.82, 2.24) is 0 Å². The van der Waals surface area contributed by atoms with Gasteiger partial charge in [-0.05, 0) is 30.5 Å². The lowest BCUT2D eigenvalue weighted by atomic mass is 9.83. The van der Waals surface area contributed by atoms with Gasteiger partial charge in [-0.25, -0.2) is 0 Å². The maximum Gasteiger partial charge on any atom is 0.119 e. The van der Waals surface area contributed by atoms with E-state index in [0.29, 0.717) is 19.4 Å². The Morgan fingerprint density at radius 1 is 1.47 bits per heavy atom. The highest BCUT2D eigenvalue weighted by Gasteiger charge is 2.34. The van der Waals surface area contributed by atoms with Crippen LogP contribution in [0.25, 0.3) is 0 Å². The highest BCUT2D eigenvalue weighted by molar-refractivity contribution is 5.29. The van der Waals surface area contributed by atoms with Crippen LogP contribution >= 0.6 is 0 Å². The number of ether oxygens (including phenoxy) is 2. The van der Waals surface area contributed by atoms with E-state index >= 15 is 0 Å². The van der Waals surface area contributed by atoms with Crippen molar-refractivity contribution in [3.8, 4) is 5.75 Å². The minimum atomic E-state index is -0.634. The quantitative estimate of drug-likeness (QED) is 0.888. The van der Waals surface area contributed by atoms with Gasteiger partial charge in [-0.3, -0.25) is 0 Å². The van der Waals surface area contributed by atoms with Crippen molar-refractivity contribution in [1.29, 1.82) is 0 Å². The Balaban J connectivity index is 2.03. The molecule has 3 nitrogen and oxygen atoms in total. The lowest BCUT2D eigenvalue weighted by Gasteiger charge is -2.37. The third-order valence-electron chi connectivity index (χ3n) is 3.81. The van der Waals surface area contributed by atoms with Gasteiger partial charge in [-0.15, -0.1) is 0 Å². The predicted molar refractivity (Wildman–Crippen MR) is 75.5 cm³/mol. The Kier molecular flexibility index (Phi) is 4.83. The van der Waals surface area contributed by atoms with Crippen LogP contribution in [0, 0.1) is 0 Å². The Morgan fingerprint density at radius 3 is 3.05 bits per heavy atom. The Morgan fingerprint density at radius 2 is 2.32 bits per heavy atom. The van der Waals surface area contributed by atoms with Crippen molar-refractivity contribution in [2.45, 2.75) is 50.7 Å². The molecule has 3 heteroatoms. The third-order valence-corrected chi connectivity index (χ3v) is 3.81. The minimum absolute atomic E-state index is 0.203. The zero-order valence-electron chi connectivity index (χ0n) is 11.9. The average molecular weight is 264 g/mol. The molecule has 1 saturated heterocycles. The van der Waals surface area contributed by atoms with E-state index in [1.807, 2.05) is 24.3 Å². The molecule has 1 aliphatic heterocycles. The van der Waals surface area contributed by atoms with Crippen LogP contribution in [-0.4, -0.2) is 30.5 Å². The second-order valence-electron chi connectivity index (χ2n) is 5.49. The first-order chi connectivity index (χ1) is 9.15. The standard InChI is InChI=1S/C16H24O3/c1-3-5-15-12-16(17,8-9-19-15)11-13-6-4-7-14(10-13)18-2/h4,6-7,10,15,17H,3,5,8-9,11-12H2,1-2H3.